The Hall–Kier alpha value is -2.56. The van der Waals surface area contributed by atoms with Gasteiger partial charge in [0.1, 0.15) is 5.84 Å². The molecule has 0 atom stereocenters. The number of nitrogens with two attached hydrogens (primary N) is 1. The molecule has 0 saturated carbocycles. The van der Waals surface area contributed by atoms with Crippen molar-refractivity contribution in [1.29, 1.82) is 5.41 Å². The van der Waals surface area contributed by atoms with Crippen LogP contribution in [0.3, 0.4) is 0 Å². The van der Waals surface area contributed by atoms with Crippen LogP contribution in [0.25, 0.3) is 0 Å². The van der Waals surface area contributed by atoms with Gasteiger partial charge in [0.15, 0.2) is 11.6 Å². The number of nitrogen functional groups attached to an aromatic ring is 1. The highest BCUT2D eigenvalue weighted by Gasteiger charge is 2.11. The first kappa shape index (κ1) is 14.8. The van der Waals surface area contributed by atoms with Crippen LogP contribution in [0.5, 0.6) is 5.75 Å². The van der Waals surface area contributed by atoms with Crippen molar-refractivity contribution in [3.63, 3.8) is 0 Å². The third kappa shape index (κ3) is 3.31. The molecule has 0 amide bonds. The van der Waals surface area contributed by atoms with Gasteiger partial charge in [0.2, 0.25) is 0 Å². The van der Waals surface area contributed by atoms with Crippen LogP contribution in [-0.2, 0) is 6.54 Å². The molecular weight excluding hydrogens is 269 g/mol. The molecule has 0 bridgehead atoms. The lowest BCUT2D eigenvalue weighted by Crippen LogP contribution is -2.18. The number of anilines is 1. The highest BCUT2D eigenvalue weighted by atomic mass is 19.1. The number of methoxy groups -OCH3 is 1. The summed E-state index contributed by atoms with van der Waals surface area (Å²) in [4.78, 5) is 1.92. The van der Waals surface area contributed by atoms with Crippen molar-refractivity contribution in [2.24, 2.45) is 5.73 Å². The summed E-state index contributed by atoms with van der Waals surface area (Å²) in [5.74, 6) is -0.0666. The second kappa shape index (κ2) is 6.26. The fraction of sp³-hybridized carbons (Fsp3) is 0.188. The predicted octanol–water partition coefficient (Wildman–Crippen LogP) is 2.75. The standard InChI is InChI=1S/C16H18FN3O/c1-20(13-8-6-11(7-9-13)16(18)19)10-12-4-3-5-14(21-2)15(12)17/h3-9H,10H2,1-2H3,(H3,18,19). The predicted molar refractivity (Wildman–Crippen MR) is 82.5 cm³/mol. The molecule has 3 N–H and O–H groups in total. The van der Waals surface area contributed by atoms with Gasteiger partial charge < -0.3 is 15.4 Å². The number of halogens is 1. The molecule has 21 heavy (non-hydrogen) atoms. The van der Waals surface area contributed by atoms with Crippen LogP contribution >= 0.6 is 0 Å². The van der Waals surface area contributed by atoms with Gasteiger partial charge in [0.05, 0.1) is 7.11 Å². The Bertz CT molecular complexity index is 640. The van der Waals surface area contributed by atoms with Crippen LogP contribution in [0.1, 0.15) is 11.1 Å². The van der Waals surface area contributed by atoms with Crippen molar-refractivity contribution >= 4 is 11.5 Å². The van der Waals surface area contributed by atoms with Crippen LogP contribution < -0.4 is 15.4 Å². The third-order valence-corrected chi connectivity index (χ3v) is 3.29. The maximum Gasteiger partial charge on any atom is 0.170 e. The summed E-state index contributed by atoms with van der Waals surface area (Å²) in [7, 11) is 3.33. The maximum absolute atomic E-state index is 14.1. The number of benzene rings is 2. The van der Waals surface area contributed by atoms with Crippen LogP contribution in [0.4, 0.5) is 10.1 Å². The number of nitrogens with zero attached hydrogens (tertiary/aromatic N) is 1. The van der Waals surface area contributed by atoms with Crippen molar-refractivity contribution < 1.29 is 9.13 Å². The van der Waals surface area contributed by atoms with E-state index in [1.807, 2.05) is 24.1 Å². The molecule has 5 heteroatoms. The molecule has 0 aliphatic rings. The second-order valence-electron chi connectivity index (χ2n) is 4.75. The maximum atomic E-state index is 14.1. The summed E-state index contributed by atoms with van der Waals surface area (Å²) in [5, 5.41) is 7.37. The summed E-state index contributed by atoms with van der Waals surface area (Å²) < 4.78 is 19.1. The van der Waals surface area contributed by atoms with E-state index in [9.17, 15) is 4.39 Å². The van der Waals surface area contributed by atoms with Gasteiger partial charge in [-0.2, -0.15) is 0 Å². The molecule has 0 heterocycles. The number of hydrogen-bond acceptors (Lipinski definition) is 3. The van der Waals surface area contributed by atoms with E-state index in [4.69, 9.17) is 15.9 Å². The van der Waals surface area contributed by atoms with Gasteiger partial charge in [-0.3, -0.25) is 5.41 Å². The van der Waals surface area contributed by atoms with Crippen LogP contribution in [0.2, 0.25) is 0 Å². The first-order valence-corrected chi connectivity index (χ1v) is 6.50. The minimum atomic E-state index is -0.341. The van der Waals surface area contributed by atoms with Gasteiger partial charge in [-0.05, 0) is 30.3 Å². The topological polar surface area (TPSA) is 62.3 Å². The number of hydrogen-bond donors (Lipinski definition) is 2. The number of nitrogens with one attached hydrogen (secondary N) is 1. The Balaban J connectivity index is 2.18. The van der Waals surface area contributed by atoms with Gasteiger partial charge in [-0.25, -0.2) is 4.39 Å². The molecule has 0 aromatic heterocycles. The van der Waals surface area contributed by atoms with Crippen molar-refractivity contribution in [2.45, 2.75) is 6.54 Å². The first-order valence-electron chi connectivity index (χ1n) is 6.50. The summed E-state index contributed by atoms with van der Waals surface area (Å²) in [6.45, 7) is 0.419. The molecule has 0 aliphatic carbocycles. The minimum absolute atomic E-state index is 0.0306. The largest absolute Gasteiger partial charge is 0.494 e. The van der Waals surface area contributed by atoms with E-state index in [1.54, 1.807) is 30.3 Å². The Morgan fingerprint density at radius 1 is 1.24 bits per heavy atom. The lowest BCUT2D eigenvalue weighted by atomic mass is 10.1. The van der Waals surface area contributed by atoms with Crippen molar-refractivity contribution in [3.05, 3.63) is 59.4 Å². The number of ether oxygens (including phenoxy) is 1. The molecule has 2 rings (SSSR count). The molecule has 0 saturated heterocycles. The number of rotatable bonds is 5. The summed E-state index contributed by atoms with van der Waals surface area (Å²) in [6.07, 6.45) is 0. The smallest absolute Gasteiger partial charge is 0.170 e. The number of amidine groups is 1. The van der Waals surface area contributed by atoms with Crippen LogP contribution in [0, 0.1) is 11.2 Å². The molecule has 2 aromatic carbocycles. The van der Waals surface area contributed by atoms with Crippen molar-refractivity contribution in [1.82, 2.24) is 0 Å². The van der Waals surface area contributed by atoms with Gasteiger partial charge in [0, 0.05) is 30.4 Å². The van der Waals surface area contributed by atoms with Gasteiger partial charge in [-0.1, -0.05) is 12.1 Å². The second-order valence-corrected chi connectivity index (χ2v) is 4.75. The lowest BCUT2D eigenvalue weighted by molar-refractivity contribution is 0.384. The molecule has 2 aromatic rings. The monoisotopic (exact) mass is 287 g/mol. The van der Waals surface area contributed by atoms with Crippen LogP contribution in [0.15, 0.2) is 42.5 Å². The summed E-state index contributed by atoms with van der Waals surface area (Å²) >= 11 is 0. The molecule has 0 spiro atoms. The van der Waals surface area contributed by atoms with Crippen molar-refractivity contribution in [2.75, 3.05) is 19.1 Å². The molecule has 4 nitrogen and oxygen atoms in total. The highest BCUT2D eigenvalue weighted by Crippen LogP contribution is 2.23. The zero-order chi connectivity index (χ0) is 15.4. The molecule has 0 aliphatic heterocycles. The Morgan fingerprint density at radius 2 is 1.90 bits per heavy atom. The molecule has 0 unspecified atom stereocenters. The zero-order valence-corrected chi connectivity index (χ0v) is 12.1. The van der Waals surface area contributed by atoms with E-state index in [0.29, 0.717) is 17.7 Å². The average molecular weight is 287 g/mol. The van der Waals surface area contributed by atoms with Crippen LogP contribution in [-0.4, -0.2) is 20.0 Å². The normalized spacial score (nSPS) is 10.2. The van der Waals surface area contributed by atoms with E-state index < -0.39 is 0 Å². The minimum Gasteiger partial charge on any atom is -0.494 e. The zero-order valence-electron chi connectivity index (χ0n) is 12.1. The quantitative estimate of drug-likeness (QED) is 0.656. The van der Waals surface area contributed by atoms with E-state index in [0.717, 1.165) is 5.69 Å². The van der Waals surface area contributed by atoms with Crippen molar-refractivity contribution in [3.8, 4) is 5.75 Å². The summed E-state index contributed by atoms with van der Waals surface area (Å²) in [5.41, 5.74) is 7.57. The lowest BCUT2D eigenvalue weighted by Gasteiger charge is -2.20. The van der Waals surface area contributed by atoms with E-state index in [-0.39, 0.29) is 17.4 Å². The molecule has 0 fully saturated rings. The molecule has 110 valence electrons. The van der Waals surface area contributed by atoms with Gasteiger partial charge in [-0.15, -0.1) is 0 Å². The Morgan fingerprint density at radius 3 is 2.48 bits per heavy atom. The molecular formula is C16H18FN3O. The fourth-order valence-electron chi connectivity index (χ4n) is 2.08. The van der Waals surface area contributed by atoms with E-state index in [1.165, 1.54) is 7.11 Å². The highest BCUT2D eigenvalue weighted by molar-refractivity contribution is 5.95. The SMILES string of the molecule is COc1cccc(CN(C)c2ccc(C(=N)N)cc2)c1F. The molecule has 0 radical (unpaired) electrons. The Labute approximate surface area is 123 Å². The first-order chi connectivity index (χ1) is 10.0. The fourth-order valence-corrected chi connectivity index (χ4v) is 2.08. The van der Waals surface area contributed by atoms with E-state index in [2.05, 4.69) is 0 Å². The van der Waals surface area contributed by atoms with Gasteiger partial charge >= 0.3 is 0 Å². The Kier molecular flexibility index (Phi) is 4.42. The third-order valence-electron chi connectivity index (χ3n) is 3.29. The average Bonchev–Trinajstić information content (AvgIpc) is 2.49. The van der Waals surface area contributed by atoms with E-state index >= 15 is 0 Å². The summed E-state index contributed by atoms with van der Waals surface area (Å²) in [6, 6.07) is 12.4. The van der Waals surface area contributed by atoms with Gasteiger partial charge in [0.25, 0.3) is 0 Å².